The van der Waals surface area contributed by atoms with Crippen LogP contribution in [-0.2, 0) is 4.79 Å². The van der Waals surface area contributed by atoms with Crippen LogP contribution in [0.15, 0.2) is 24.3 Å². The molecule has 1 amide bonds. The highest BCUT2D eigenvalue weighted by Gasteiger charge is 2.24. The van der Waals surface area contributed by atoms with Crippen molar-refractivity contribution in [1.82, 2.24) is 10.6 Å². The summed E-state index contributed by atoms with van der Waals surface area (Å²) in [6, 6.07) is 7.76. The van der Waals surface area contributed by atoms with Gasteiger partial charge in [-0.2, -0.15) is 0 Å². The summed E-state index contributed by atoms with van der Waals surface area (Å²) in [7, 11) is 0. The first-order chi connectivity index (χ1) is 8.70. The van der Waals surface area contributed by atoms with Crippen molar-refractivity contribution in [3.8, 4) is 0 Å². The molecule has 1 heterocycles. The van der Waals surface area contributed by atoms with E-state index in [2.05, 4.69) is 17.6 Å². The molecule has 1 aromatic carbocycles. The molecule has 1 aromatic rings. The Balaban J connectivity index is 0.00000180. The molecule has 106 valence electrons. The van der Waals surface area contributed by atoms with Gasteiger partial charge in [0, 0.05) is 11.6 Å². The molecule has 2 rings (SSSR count). The average molecular weight is 303 g/mol. The summed E-state index contributed by atoms with van der Waals surface area (Å²) < 4.78 is 0. The molecule has 2 N–H and O–H groups in total. The number of benzene rings is 1. The van der Waals surface area contributed by atoms with Crippen LogP contribution < -0.4 is 10.6 Å². The molecule has 5 heteroatoms. The molecule has 0 bridgehead atoms. The third-order valence-corrected chi connectivity index (χ3v) is 3.68. The highest BCUT2D eigenvalue weighted by Crippen LogP contribution is 2.20. The summed E-state index contributed by atoms with van der Waals surface area (Å²) in [5, 5.41) is 7.06. The highest BCUT2D eigenvalue weighted by molar-refractivity contribution is 6.30. The Morgan fingerprint density at radius 3 is 2.68 bits per heavy atom. The topological polar surface area (TPSA) is 41.1 Å². The zero-order valence-corrected chi connectivity index (χ0v) is 12.6. The molecule has 0 saturated carbocycles. The molecular formula is C14H20Cl2N2O. The molecule has 2 unspecified atom stereocenters. The minimum Gasteiger partial charge on any atom is -0.349 e. The first-order valence-corrected chi connectivity index (χ1v) is 6.85. The van der Waals surface area contributed by atoms with Crippen LogP contribution in [0.1, 0.15) is 31.4 Å². The largest absolute Gasteiger partial charge is 0.349 e. The van der Waals surface area contributed by atoms with Crippen molar-refractivity contribution in [2.45, 2.75) is 25.8 Å². The van der Waals surface area contributed by atoms with Crippen LogP contribution in [0.4, 0.5) is 0 Å². The lowest BCUT2D eigenvalue weighted by atomic mass is 10.0. The maximum Gasteiger partial charge on any atom is 0.224 e. The molecule has 0 radical (unpaired) electrons. The fourth-order valence-corrected chi connectivity index (χ4v) is 2.41. The number of nitrogens with one attached hydrogen (secondary N) is 2. The second kappa shape index (κ2) is 7.73. The molecule has 3 nitrogen and oxygen atoms in total. The van der Waals surface area contributed by atoms with Crippen molar-refractivity contribution in [2.75, 3.05) is 13.1 Å². The fourth-order valence-electron chi connectivity index (χ4n) is 2.28. The van der Waals surface area contributed by atoms with Crippen molar-refractivity contribution in [1.29, 1.82) is 0 Å². The van der Waals surface area contributed by atoms with Gasteiger partial charge < -0.3 is 10.6 Å². The summed E-state index contributed by atoms with van der Waals surface area (Å²) in [4.78, 5) is 12.1. The molecule has 1 aliphatic rings. The lowest BCUT2D eigenvalue weighted by Gasteiger charge is -2.19. The number of rotatable bonds is 4. The minimum atomic E-state index is 0. The number of hydrogen-bond acceptors (Lipinski definition) is 2. The molecule has 0 aromatic heterocycles. The summed E-state index contributed by atoms with van der Waals surface area (Å²) in [5.74, 6) is 0.271. The molecule has 19 heavy (non-hydrogen) atoms. The third kappa shape index (κ3) is 4.37. The smallest absolute Gasteiger partial charge is 0.224 e. The number of amides is 1. The Bertz CT molecular complexity index is 402. The molecular weight excluding hydrogens is 283 g/mol. The Hall–Kier alpha value is -0.770. The Morgan fingerprint density at radius 1 is 1.47 bits per heavy atom. The zero-order valence-electron chi connectivity index (χ0n) is 11.0. The van der Waals surface area contributed by atoms with Crippen molar-refractivity contribution in [3.05, 3.63) is 34.9 Å². The maximum atomic E-state index is 12.1. The van der Waals surface area contributed by atoms with Crippen molar-refractivity contribution >= 4 is 29.9 Å². The van der Waals surface area contributed by atoms with Crippen LogP contribution in [0.2, 0.25) is 5.02 Å². The van der Waals surface area contributed by atoms with Gasteiger partial charge >= 0.3 is 0 Å². The standard InChI is InChI=1S/C14H19ClN2O.ClH/c1-2-13(10-3-5-12(15)6-4-10)17-14(18)11-7-8-16-9-11;/h3-6,11,13,16H,2,7-9H2,1H3,(H,17,18);1H. The third-order valence-electron chi connectivity index (χ3n) is 3.43. The molecule has 2 atom stereocenters. The Morgan fingerprint density at radius 2 is 2.16 bits per heavy atom. The molecule has 0 aliphatic carbocycles. The van der Waals surface area contributed by atoms with E-state index in [4.69, 9.17) is 11.6 Å². The number of carbonyl (C=O) groups is 1. The Labute approximate surface area is 125 Å². The number of halogens is 2. The first-order valence-electron chi connectivity index (χ1n) is 6.47. The second-order valence-corrected chi connectivity index (χ2v) is 5.15. The van der Waals surface area contributed by atoms with Gasteiger partial charge in [-0.3, -0.25) is 4.79 Å². The average Bonchev–Trinajstić information content (AvgIpc) is 2.91. The van der Waals surface area contributed by atoms with Gasteiger partial charge in [0.2, 0.25) is 5.91 Å². The number of carbonyl (C=O) groups excluding carboxylic acids is 1. The monoisotopic (exact) mass is 302 g/mol. The van der Waals surface area contributed by atoms with Crippen LogP contribution in [-0.4, -0.2) is 19.0 Å². The van der Waals surface area contributed by atoms with E-state index in [0.29, 0.717) is 0 Å². The van der Waals surface area contributed by atoms with E-state index in [9.17, 15) is 4.79 Å². The molecule has 0 spiro atoms. The SMILES string of the molecule is CCC(NC(=O)C1CCNC1)c1ccc(Cl)cc1.Cl. The molecule has 1 fully saturated rings. The first kappa shape index (κ1) is 16.3. The van der Waals surface area contributed by atoms with E-state index in [1.807, 2.05) is 24.3 Å². The maximum absolute atomic E-state index is 12.1. The van der Waals surface area contributed by atoms with Crippen LogP contribution in [0.25, 0.3) is 0 Å². The van der Waals surface area contributed by atoms with E-state index in [1.165, 1.54) is 0 Å². The van der Waals surface area contributed by atoms with Crippen LogP contribution in [0.5, 0.6) is 0 Å². The molecule has 1 aliphatic heterocycles. The van der Waals surface area contributed by atoms with Gasteiger partial charge in [-0.05, 0) is 37.1 Å². The van der Waals surface area contributed by atoms with Crippen molar-refractivity contribution in [3.63, 3.8) is 0 Å². The summed E-state index contributed by atoms with van der Waals surface area (Å²) in [6.07, 6.45) is 1.82. The highest BCUT2D eigenvalue weighted by atomic mass is 35.5. The van der Waals surface area contributed by atoms with E-state index < -0.39 is 0 Å². The minimum absolute atomic E-state index is 0. The van der Waals surface area contributed by atoms with E-state index >= 15 is 0 Å². The van der Waals surface area contributed by atoms with Crippen LogP contribution in [0.3, 0.4) is 0 Å². The summed E-state index contributed by atoms with van der Waals surface area (Å²) in [5.41, 5.74) is 1.11. The Kier molecular flexibility index (Phi) is 6.63. The van der Waals surface area contributed by atoms with Gasteiger partial charge in [0.25, 0.3) is 0 Å². The normalized spacial score (nSPS) is 19.6. The van der Waals surface area contributed by atoms with Crippen molar-refractivity contribution < 1.29 is 4.79 Å². The van der Waals surface area contributed by atoms with E-state index in [1.54, 1.807) is 0 Å². The second-order valence-electron chi connectivity index (χ2n) is 4.71. The van der Waals surface area contributed by atoms with E-state index in [0.717, 1.165) is 36.5 Å². The number of hydrogen-bond donors (Lipinski definition) is 2. The van der Waals surface area contributed by atoms with Crippen molar-refractivity contribution in [2.24, 2.45) is 5.92 Å². The lowest BCUT2D eigenvalue weighted by Crippen LogP contribution is -2.34. The quantitative estimate of drug-likeness (QED) is 0.898. The fraction of sp³-hybridized carbons (Fsp3) is 0.500. The zero-order chi connectivity index (χ0) is 13.0. The molecule has 1 saturated heterocycles. The van der Waals surface area contributed by atoms with Gasteiger partial charge in [-0.1, -0.05) is 30.7 Å². The van der Waals surface area contributed by atoms with Gasteiger partial charge in [-0.25, -0.2) is 0 Å². The summed E-state index contributed by atoms with van der Waals surface area (Å²) in [6.45, 7) is 3.81. The van der Waals surface area contributed by atoms with Crippen LogP contribution >= 0.6 is 24.0 Å². The van der Waals surface area contributed by atoms with E-state index in [-0.39, 0.29) is 30.3 Å². The predicted molar refractivity (Wildman–Crippen MR) is 80.9 cm³/mol. The lowest BCUT2D eigenvalue weighted by molar-refractivity contribution is -0.125. The van der Waals surface area contributed by atoms with Gasteiger partial charge in [0.05, 0.1) is 12.0 Å². The van der Waals surface area contributed by atoms with Crippen LogP contribution in [0, 0.1) is 5.92 Å². The predicted octanol–water partition coefficient (Wildman–Crippen LogP) is 2.94. The summed E-state index contributed by atoms with van der Waals surface area (Å²) >= 11 is 5.87. The van der Waals surface area contributed by atoms with Gasteiger partial charge in [0.15, 0.2) is 0 Å². The van der Waals surface area contributed by atoms with Gasteiger partial charge in [-0.15, -0.1) is 12.4 Å². The van der Waals surface area contributed by atoms with Gasteiger partial charge in [0.1, 0.15) is 0 Å².